The van der Waals surface area contributed by atoms with E-state index in [9.17, 15) is 0 Å². The van der Waals surface area contributed by atoms with Crippen molar-refractivity contribution in [1.29, 1.82) is 0 Å². The minimum Gasteiger partial charge on any atom is -0.497 e. The smallest absolute Gasteiger partial charge is 0.134 e. The first kappa shape index (κ1) is 14.0. The molecule has 0 aliphatic heterocycles. The fourth-order valence-corrected chi connectivity index (χ4v) is 2.86. The molecule has 3 rings (SSSR count). The lowest BCUT2D eigenvalue weighted by atomic mass is 10.1. The third-order valence-corrected chi connectivity index (χ3v) is 4.17. The lowest BCUT2D eigenvalue weighted by molar-refractivity contribution is 0.304. The largest absolute Gasteiger partial charge is 0.497 e. The second-order valence-corrected chi connectivity index (χ2v) is 5.53. The highest BCUT2D eigenvalue weighted by Gasteiger charge is 2.06. The maximum atomic E-state index is 5.93. The van der Waals surface area contributed by atoms with Crippen molar-refractivity contribution in [2.45, 2.75) is 6.61 Å². The van der Waals surface area contributed by atoms with Gasteiger partial charge in [-0.3, -0.25) is 0 Å². The van der Waals surface area contributed by atoms with E-state index in [2.05, 4.69) is 34.1 Å². The van der Waals surface area contributed by atoms with Crippen molar-refractivity contribution in [3.8, 4) is 11.5 Å². The van der Waals surface area contributed by atoms with Crippen LogP contribution >= 0.6 is 15.9 Å². The first-order valence-electron chi connectivity index (χ1n) is 6.71. The van der Waals surface area contributed by atoms with Crippen LogP contribution in [0.25, 0.3) is 10.8 Å². The summed E-state index contributed by atoms with van der Waals surface area (Å²) in [6.07, 6.45) is 0. The van der Waals surface area contributed by atoms with Gasteiger partial charge in [0.05, 0.1) is 11.6 Å². The Morgan fingerprint density at radius 3 is 2.67 bits per heavy atom. The van der Waals surface area contributed by atoms with E-state index in [1.54, 1.807) is 7.11 Å². The van der Waals surface area contributed by atoms with Gasteiger partial charge in [0.15, 0.2) is 0 Å². The minimum atomic E-state index is 0.508. The molecule has 3 aromatic carbocycles. The molecule has 0 atom stereocenters. The van der Waals surface area contributed by atoms with Gasteiger partial charge in [-0.15, -0.1) is 0 Å². The van der Waals surface area contributed by atoms with Crippen molar-refractivity contribution >= 4 is 26.7 Å². The number of fused-ring (bicyclic) bond motifs is 1. The molecule has 0 N–H and O–H groups in total. The van der Waals surface area contributed by atoms with Gasteiger partial charge in [-0.2, -0.15) is 0 Å². The Morgan fingerprint density at radius 1 is 0.952 bits per heavy atom. The molecule has 0 fully saturated rings. The maximum absolute atomic E-state index is 5.93. The molecule has 0 radical (unpaired) electrons. The van der Waals surface area contributed by atoms with E-state index >= 15 is 0 Å². The van der Waals surface area contributed by atoms with Crippen LogP contribution in [0.1, 0.15) is 5.56 Å². The standard InChI is InChI=1S/C18H15BrO2/c1-20-15-7-4-5-13(11-15)12-21-17-10-9-14-6-2-3-8-16(14)18(17)19/h2-11H,12H2,1H3. The monoisotopic (exact) mass is 342 g/mol. The summed E-state index contributed by atoms with van der Waals surface area (Å²) in [6.45, 7) is 0.508. The predicted molar refractivity (Wildman–Crippen MR) is 89.0 cm³/mol. The second-order valence-electron chi connectivity index (χ2n) is 4.74. The number of rotatable bonds is 4. The van der Waals surface area contributed by atoms with Crippen molar-refractivity contribution in [3.63, 3.8) is 0 Å². The van der Waals surface area contributed by atoms with Gasteiger partial charge in [-0.1, -0.05) is 42.5 Å². The Balaban J connectivity index is 1.83. The van der Waals surface area contributed by atoms with Crippen molar-refractivity contribution in [1.82, 2.24) is 0 Å². The van der Waals surface area contributed by atoms with Gasteiger partial charge in [0, 0.05) is 0 Å². The quantitative estimate of drug-likeness (QED) is 0.649. The van der Waals surface area contributed by atoms with E-state index in [0.29, 0.717) is 6.61 Å². The molecule has 3 aromatic rings. The van der Waals surface area contributed by atoms with E-state index in [4.69, 9.17) is 9.47 Å². The molecule has 0 spiro atoms. The van der Waals surface area contributed by atoms with Crippen LogP contribution in [0.5, 0.6) is 11.5 Å². The summed E-state index contributed by atoms with van der Waals surface area (Å²) < 4.78 is 12.1. The Hall–Kier alpha value is -2.00. The molecule has 0 unspecified atom stereocenters. The Morgan fingerprint density at radius 2 is 1.81 bits per heavy atom. The van der Waals surface area contributed by atoms with E-state index in [0.717, 1.165) is 26.9 Å². The number of methoxy groups -OCH3 is 1. The average molecular weight is 343 g/mol. The molecule has 0 saturated carbocycles. The van der Waals surface area contributed by atoms with Crippen LogP contribution < -0.4 is 9.47 Å². The van der Waals surface area contributed by atoms with E-state index < -0.39 is 0 Å². The summed E-state index contributed by atoms with van der Waals surface area (Å²) in [5.74, 6) is 1.69. The molecule has 0 amide bonds. The Bertz CT molecular complexity index is 768. The summed E-state index contributed by atoms with van der Waals surface area (Å²) in [5, 5.41) is 2.35. The third kappa shape index (κ3) is 3.03. The molecule has 106 valence electrons. The summed E-state index contributed by atoms with van der Waals surface area (Å²) >= 11 is 3.63. The van der Waals surface area contributed by atoms with Gasteiger partial charge in [0.2, 0.25) is 0 Å². The van der Waals surface area contributed by atoms with Crippen LogP contribution in [-0.4, -0.2) is 7.11 Å². The molecule has 0 bridgehead atoms. The summed E-state index contributed by atoms with van der Waals surface area (Å²) in [5.41, 5.74) is 1.08. The fraction of sp³-hybridized carbons (Fsp3) is 0.111. The van der Waals surface area contributed by atoms with Crippen molar-refractivity contribution < 1.29 is 9.47 Å². The normalized spacial score (nSPS) is 10.6. The topological polar surface area (TPSA) is 18.5 Å². The van der Waals surface area contributed by atoms with Gasteiger partial charge in [0.1, 0.15) is 18.1 Å². The summed E-state index contributed by atoms with van der Waals surface area (Å²) in [4.78, 5) is 0. The van der Waals surface area contributed by atoms with Gasteiger partial charge in [-0.05, 0) is 50.5 Å². The highest BCUT2D eigenvalue weighted by Crippen LogP contribution is 2.33. The van der Waals surface area contributed by atoms with Gasteiger partial charge < -0.3 is 9.47 Å². The maximum Gasteiger partial charge on any atom is 0.134 e. The Labute approximate surface area is 132 Å². The molecule has 21 heavy (non-hydrogen) atoms. The van der Waals surface area contributed by atoms with Crippen LogP contribution in [0.2, 0.25) is 0 Å². The molecule has 0 aromatic heterocycles. The molecule has 0 aliphatic rings. The van der Waals surface area contributed by atoms with E-state index in [-0.39, 0.29) is 0 Å². The average Bonchev–Trinajstić information content (AvgIpc) is 2.55. The molecular formula is C18H15BrO2. The number of hydrogen-bond acceptors (Lipinski definition) is 2. The van der Waals surface area contributed by atoms with Crippen LogP contribution in [0, 0.1) is 0 Å². The molecular weight excluding hydrogens is 328 g/mol. The van der Waals surface area contributed by atoms with Crippen molar-refractivity contribution in [2.24, 2.45) is 0 Å². The molecule has 0 saturated heterocycles. The van der Waals surface area contributed by atoms with Crippen molar-refractivity contribution in [2.75, 3.05) is 7.11 Å². The number of halogens is 1. The van der Waals surface area contributed by atoms with E-state index in [1.807, 2.05) is 42.5 Å². The first-order chi connectivity index (χ1) is 10.3. The predicted octanol–water partition coefficient (Wildman–Crippen LogP) is 5.19. The molecule has 0 aliphatic carbocycles. The highest BCUT2D eigenvalue weighted by atomic mass is 79.9. The zero-order valence-corrected chi connectivity index (χ0v) is 13.3. The molecule has 0 heterocycles. The van der Waals surface area contributed by atoms with Crippen LogP contribution in [0.4, 0.5) is 0 Å². The zero-order valence-electron chi connectivity index (χ0n) is 11.7. The van der Waals surface area contributed by atoms with Gasteiger partial charge in [0.25, 0.3) is 0 Å². The van der Waals surface area contributed by atoms with Crippen molar-refractivity contribution in [3.05, 3.63) is 70.7 Å². The fourth-order valence-electron chi connectivity index (χ4n) is 2.25. The minimum absolute atomic E-state index is 0.508. The summed E-state index contributed by atoms with van der Waals surface area (Å²) in [6, 6.07) is 20.2. The molecule has 2 nitrogen and oxygen atoms in total. The SMILES string of the molecule is COc1cccc(COc2ccc3ccccc3c2Br)c1. The van der Waals surface area contributed by atoms with Gasteiger partial charge >= 0.3 is 0 Å². The molecule has 3 heteroatoms. The third-order valence-electron chi connectivity index (χ3n) is 3.36. The van der Waals surface area contributed by atoms with Crippen LogP contribution in [-0.2, 0) is 6.61 Å². The summed E-state index contributed by atoms with van der Waals surface area (Å²) in [7, 11) is 1.67. The highest BCUT2D eigenvalue weighted by molar-refractivity contribution is 9.10. The van der Waals surface area contributed by atoms with Gasteiger partial charge in [-0.25, -0.2) is 0 Å². The lowest BCUT2D eigenvalue weighted by Gasteiger charge is -2.11. The van der Waals surface area contributed by atoms with Crippen LogP contribution in [0.3, 0.4) is 0 Å². The second kappa shape index (κ2) is 6.19. The number of benzene rings is 3. The first-order valence-corrected chi connectivity index (χ1v) is 7.50. The van der Waals surface area contributed by atoms with E-state index in [1.165, 1.54) is 5.39 Å². The zero-order chi connectivity index (χ0) is 14.7. The van der Waals surface area contributed by atoms with Crippen LogP contribution in [0.15, 0.2) is 65.1 Å². The number of ether oxygens (including phenoxy) is 2. The Kier molecular flexibility index (Phi) is 4.11. The lowest BCUT2D eigenvalue weighted by Crippen LogP contribution is -1.97. The number of hydrogen-bond donors (Lipinski definition) is 0.